The first-order chi connectivity index (χ1) is 10.1. The minimum absolute atomic E-state index is 0.128. The average Bonchev–Trinajstić information content (AvgIpc) is 2.47. The molecule has 0 aliphatic heterocycles. The maximum atomic E-state index is 12.2. The molecule has 0 aliphatic rings. The number of carbonyl (C=O) groups excluding carboxylic acids is 1. The van der Waals surface area contributed by atoms with E-state index < -0.39 is 0 Å². The van der Waals surface area contributed by atoms with Crippen LogP contribution in [-0.4, -0.2) is 23.7 Å². The minimum atomic E-state index is -0.344. The van der Waals surface area contributed by atoms with Crippen LogP contribution in [0.3, 0.4) is 0 Å². The molecule has 0 saturated carbocycles. The summed E-state index contributed by atoms with van der Waals surface area (Å²) in [4.78, 5) is 12.2. The highest BCUT2D eigenvalue weighted by Gasteiger charge is 2.15. The zero-order chi connectivity index (χ0) is 15.2. The number of nitrogens with one attached hydrogen (secondary N) is 1. The standard InChI is InChI=1S/C16H17BrN2O2/c17-12-6-7-14(15(18)9-12)16(21)19-13(10-20)8-11-4-2-1-3-5-11/h1-7,9,13,20H,8,10,18H2,(H,19,21)/t13-/m1/s1. The molecule has 0 spiro atoms. The summed E-state index contributed by atoms with van der Waals surface area (Å²) in [6.45, 7) is -0.128. The van der Waals surface area contributed by atoms with Crippen LogP contribution < -0.4 is 11.1 Å². The third-order valence-corrected chi connectivity index (χ3v) is 3.63. The Kier molecular flexibility index (Phi) is 5.36. The summed E-state index contributed by atoms with van der Waals surface area (Å²) in [5.74, 6) is -0.282. The molecule has 0 aromatic heterocycles. The number of aliphatic hydroxyl groups is 1. The fourth-order valence-corrected chi connectivity index (χ4v) is 2.44. The van der Waals surface area contributed by atoms with Gasteiger partial charge in [-0.05, 0) is 30.2 Å². The predicted octanol–water partition coefficient (Wildman–Crippen LogP) is 2.36. The molecule has 0 heterocycles. The molecule has 0 unspecified atom stereocenters. The first kappa shape index (κ1) is 15.5. The van der Waals surface area contributed by atoms with Crippen LogP contribution in [0.15, 0.2) is 53.0 Å². The van der Waals surface area contributed by atoms with E-state index in [1.54, 1.807) is 18.2 Å². The third-order valence-electron chi connectivity index (χ3n) is 3.14. The number of benzene rings is 2. The molecule has 2 aromatic rings. The van der Waals surface area contributed by atoms with Gasteiger partial charge in [-0.15, -0.1) is 0 Å². The van der Waals surface area contributed by atoms with E-state index in [0.717, 1.165) is 10.0 Å². The Morgan fingerprint density at radius 1 is 1.24 bits per heavy atom. The summed E-state index contributed by atoms with van der Waals surface area (Å²) in [6, 6.07) is 14.5. The molecule has 0 saturated heterocycles. The lowest BCUT2D eigenvalue weighted by atomic mass is 10.1. The Morgan fingerprint density at radius 3 is 2.57 bits per heavy atom. The van der Waals surface area contributed by atoms with Crippen molar-refractivity contribution >= 4 is 27.5 Å². The highest BCUT2D eigenvalue weighted by molar-refractivity contribution is 9.10. The van der Waals surface area contributed by atoms with Gasteiger partial charge in [-0.3, -0.25) is 4.79 Å². The Bertz CT molecular complexity index is 617. The second-order valence-corrected chi connectivity index (χ2v) is 5.69. The van der Waals surface area contributed by atoms with Gasteiger partial charge in [0.25, 0.3) is 5.91 Å². The van der Waals surface area contributed by atoms with Gasteiger partial charge in [-0.1, -0.05) is 46.3 Å². The van der Waals surface area contributed by atoms with Gasteiger partial charge in [-0.25, -0.2) is 0 Å². The van der Waals surface area contributed by atoms with Crippen LogP contribution in [-0.2, 0) is 6.42 Å². The summed E-state index contributed by atoms with van der Waals surface area (Å²) < 4.78 is 0.819. The number of nitrogen functional groups attached to an aromatic ring is 1. The lowest BCUT2D eigenvalue weighted by Crippen LogP contribution is -2.39. The van der Waals surface area contributed by atoms with Crippen molar-refractivity contribution in [1.29, 1.82) is 0 Å². The van der Waals surface area contributed by atoms with E-state index in [2.05, 4.69) is 21.2 Å². The lowest BCUT2D eigenvalue weighted by Gasteiger charge is -2.17. The van der Waals surface area contributed by atoms with E-state index in [9.17, 15) is 9.90 Å². The van der Waals surface area contributed by atoms with E-state index >= 15 is 0 Å². The fraction of sp³-hybridized carbons (Fsp3) is 0.188. The molecule has 2 rings (SSSR count). The van der Waals surface area contributed by atoms with Crippen LogP contribution in [0, 0.1) is 0 Å². The first-order valence-corrected chi connectivity index (χ1v) is 7.40. The van der Waals surface area contributed by atoms with Gasteiger partial charge in [0, 0.05) is 10.2 Å². The molecule has 4 nitrogen and oxygen atoms in total. The quantitative estimate of drug-likeness (QED) is 0.726. The lowest BCUT2D eigenvalue weighted by molar-refractivity contribution is 0.0917. The number of hydrogen-bond acceptors (Lipinski definition) is 3. The van der Waals surface area contributed by atoms with Gasteiger partial charge >= 0.3 is 0 Å². The molecule has 1 amide bonds. The monoisotopic (exact) mass is 348 g/mol. The van der Waals surface area contributed by atoms with Gasteiger partial charge in [0.15, 0.2) is 0 Å². The van der Waals surface area contributed by atoms with Crippen molar-refractivity contribution in [1.82, 2.24) is 5.32 Å². The average molecular weight is 349 g/mol. The van der Waals surface area contributed by atoms with E-state index in [1.165, 1.54) is 0 Å². The molecule has 5 heteroatoms. The van der Waals surface area contributed by atoms with Gasteiger partial charge < -0.3 is 16.2 Å². The van der Waals surface area contributed by atoms with Crippen molar-refractivity contribution in [3.05, 3.63) is 64.1 Å². The Labute approximate surface area is 132 Å². The largest absolute Gasteiger partial charge is 0.398 e. The van der Waals surface area contributed by atoms with Crippen molar-refractivity contribution in [2.75, 3.05) is 12.3 Å². The molecule has 1 atom stereocenters. The molecule has 110 valence electrons. The number of rotatable bonds is 5. The van der Waals surface area contributed by atoms with E-state index in [-0.39, 0.29) is 18.6 Å². The van der Waals surface area contributed by atoms with Crippen LogP contribution in [0.1, 0.15) is 15.9 Å². The first-order valence-electron chi connectivity index (χ1n) is 6.61. The van der Waals surface area contributed by atoms with Crippen LogP contribution >= 0.6 is 15.9 Å². The number of carbonyl (C=O) groups is 1. The second-order valence-electron chi connectivity index (χ2n) is 4.77. The summed E-state index contributed by atoms with van der Waals surface area (Å²) in [5.41, 5.74) is 7.70. The topological polar surface area (TPSA) is 75.4 Å². The van der Waals surface area contributed by atoms with Crippen LogP contribution in [0.25, 0.3) is 0 Å². The van der Waals surface area contributed by atoms with Gasteiger partial charge in [-0.2, -0.15) is 0 Å². The number of amides is 1. The maximum Gasteiger partial charge on any atom is 0.253 e. The predicted molar refractivity (Wildman–Crippen MR) is 87.0 cm³/mol. The zero-order valence-electron chi connectivity index (χ0n) is 11.4. The normalized spacial score (nSPS) is 11.9. The molecule has 21 heavy (non-hydrogen) atoms. The Morgan fingerprint density at radius 2 is 1.95 bits per heavy atom. The molecule has 2 aromatic carbocycles. The zero-order valence-corrected chi connectivity index (χ0v) is 13.0. The number of nitrogens with two attached hydrogens (primary N) is 1. The van der Waals surface area contributed by atoms with Crippen molar-refractivity contribution in [2.24, 2.45) is 0 Å². The smallest absolute Gasteiger partial charge is 0.253 e. The number of halogens is 1. The summed E-state index contributed by atoms with van der Waals surface area (Å²) in [5, 5.41) is 12.3. The van der Waals surface area contributed by atoms with Crippen LogP contribution in [0.5, 0.6) is 0 Å². The van der Waals surface area contributed by atoms with E-state index in [4.69, 9.17) is 5.73 Å². The Hall–Kier alpha value is -1.85. The summed E-state index contributed by atoms with van der Waals surface area (Å²) in [7, 11) is 0. The number of aliphatic hydroxyl groups excluding tert-OH is 1. The van der Waals surface area contributed by atoms with Crippen molar-refractivity contribution in [2.45, 2.75) is 12.5 Å². The molecular formula is C16H17BrN2O2. The molecule has 0 bridgehead atoms. The van der Waals surface area contributed by atoms with Crippen LogP contribution in [0.2, 0.25) is 0 Å². The van der Waals surface area contributed by atoms with Crippen LogP contribution in [0.4, 0.5) is 5.69 Å². The number of anilines is 1. The maximum absolute atomic E-state index is 12.2. The Balaban J connectivity index is 2.06. The highest BCUT2D eigenvalue weighted by Crippen LogP contribution is 2.18. The number of hydrogen-bond donors (Lipinski definition) is 3. The van der Waals surface area contributed by atoms with E-state index in [1.807, 2.05) is 30.3 Å². The molecule has 0 radical (unpaired) electrons. The second kappa shape index (κ2) is 7.24. The highest BCUT2D eigenvalue weighted by atomic mass is 79.9. The molecule has 0 fully saturated rings. The molecule has 0 aliphatic carbocycles. The molecular weight excluding hydrogens is 332 g/mol. The van der Waals surface area contributed by atoms with Gasteiger partial charge in [0.1, 0.15) is 0 Å². The van der Waals surface area contributed by atoms with Gasteiger partial charge in [0.2, 0.25) is 0 Å². The summed E-state index contributed by atoms with van der Waals surface area (Å²) >= 11 is 3.30. The summed E-state index contributed by atoms with van der Waals surface area (Å²) in [6.07, 6.45) is 0.569. The fourth-order valence-electron chi connectivity index (χ4n) is 2.06. The van der Waals surface area contributed by atoms with Gasteiger partial charge in [0.05, 0.1) is 18.2 Å². The van der Waals surface area contributed by atoms with E-state index in [0.29, 0.717) is 17.7 Å². The SMILES string of the molecule is Nc1cc(Br)ccc1C(=O)N[C@@H](CO)Cc1ccccc1. The molecule has 4 N–H and O–H groups in total. The van der Waals surface area contributed by atoms with Crippen molar-refractivity contribution < 1.29 is 9.90 Å². The minimum Gasteiger partial charge on any atom is -0.398 e. The van der Waals surface area contributed by atoms with Crippen molar-refractivity contribution in [3.63, 3.8) is 0 Å². The third kappa shape index (κ3) is 4.31. The van der Waals surface area contributed by atoms with Crippen molar-refractivity contribution in [3.8, 4) is 0 Å².